The Bertz CT molecular complexity index is 1340. The third kappa shape index (κ3) is 6.77. The van der Waals surface area contributed by atoms with Crippen molar-refractivity contribution in [1.29, 1.82) is 0 Å². The summed E-state index contributed by atoms with van der Waals surface area (Å²) in [5.41, 5.74) is 1.22. The standard InChI is InChI=1S/C29H35N7O4/c1-35-9-6-25(34-35)33-28(37)22-12-23(30-15-19-2-3-19)14-24(13-22)40-27-17-31-26(16-32-27)36(18-20-4-5-20)29(38)21-7-10-39-11-8-21/h6,9,12-14,16-17,19-21,30H,2-5,7-8,10-11,15,18H2,1H3,(H,33,34,37). The van der Waals surface area contributed by atoms with Crippen LogP contribution >= 0.6 is 0 Å². The molecule has 0 atom stereocenters. The number of ether oxygens (including phenoxy) is 2. The molecule has 2 aliphatic carbocycles. The summed E-state index contributed by atoms with van der Waals surface area (Å²) in [5.74, 6) is 2.68. The Balaban J connectivity index is 1.18. The number of hydrogen-bond donors (Lipinski definition) is 2. The van der Waals surface area contributed by atoms with Gasteiger partial charge in [0.15, 0.2) is 11.6 Å². The van der Waals surface area contributed by atoms with E-state index in [1.807, 2.05) is 6.07 Å². The predicted molar refractivity (Wildman–Crippen MR) is 150 cm³/mol. The number of nitrogens with one attached hydrogen (secondary N) is 2. The van der Waals surface area contributed by atoms with Gasteiger partial charge in [-0.1, -0.05) is 0 Å². The molecule has 3 aromatic rings. The Morgan fingerprint density at radius 1 is 1.05 bits per heavy atom. The molecule has 2 amide bonds. The lowest BCUT2D eigenvalue weighted by Crippen LogP contribution is -2.40. The van der Waals surface area contributed by atoms with Crippen LogP contribution in [0.5, 0.6) is 11.6 Å². The first-order valence-electron chi connectivity index (χ1n) is 14.1. The first-order chi connectivity index (χ1) is 19.5. The van der Waals surface area contributed by atoms with Crippen molar-refractivity contribution in [3.05, 3.63) is 48.4 Å². The summed E-state index contributed by atoms with van der Waals surface area (Å²) in [6, 6.07) is 7.06. The molecule has 1 saturated heterocycles. The maximum Gasteiger partial charge on any atom is 0.257 e. The lowest BCUT2D eigenvalue weighted by molar-refractivity contribution is -0.125. The van der Waals surface area contributed by atoms with E-state index in [4.69, 9.17) is 9.47 Å². The van der Waals surface area contributed by atoms with Crippen molar-refractivity contribution in [3.8, 4) is 11.6 Å². The minimum atomic E-state index is -0.289. The molecular formula is C29H35N7O4. The Morgan fingerprint density at radius 3 is 2.52 bits per heavy atom. The van der Waals surface area contributed by atoms with Crippen molar-refractivity contribution < 1.29 is 19.1 Å². The van der Waals surface area contributed by atoms with Crippen molar-refractivity contribution in [3.63, 3.8) is 0 Å². The van der Waals surface area contributed by atoms with E-state index in [2.05, 4.69) is 25.7 Å². The number of aromatic nitrogens is 4. The van der Waals surface area contributed by atoms with Gasteiger partial charge in [-0.3, -0.25) is 19.2 Å². The number of hydrogen-bond acceptors (Lipinski definition) is 8. The van der Waals surface area contributed by atoms with Crippen LogP contribution in [0.1, 0.15) is 48.9 Å². The summed E-state index contributed by atoms with van der Waals surface area (Å²) in [7, 11) is 1.79. The molecule has 1 aliphatic heterocycles. The molecule has 0 bridgehead atoms. The van der Waals surface area contributed by atoms with Gasteiger partial charge in [-0.15, -0.1) is 0 Å². The number of amides is 2. The van der Waals surface area contributed by atoms with Crippen LogP contribution in [-0.4, -0.2) is 57.9 Å². The second-order valence-corrected chi connectivity index (χ2v) is 11.0. The van der Waals surface area contributed by atoms with Crippen LogP contribution in [-0.2, 0) is 16.6 Å². The zero-order chi connectivity index (χ0) is 27.5. The molecule has 2 aromatic heterocycles. The maximum absolute atomic E-state index is 13.3. The molecule has 40 heavy (non-hydrogen) atoms. The van der Waals surface area contributed by atoms with Gasteiger partial charge in [0.25, 0.3) is 5.91 Å². The topological polar surface area (TPSA) is 124 Å². The van der Waals surface area contributed by atoms with Crippen molar-refractivity contribution in [2.45, 2.75) is 38.5 Å². The molecule has 11 heteroatoms. The number of carbonyl (C=O) groups is 2. The van der Waals surface area contributed by atoms with Crippen LogP contribution in [0.2, 0.25) is 0 Å². The summed E-state index contributed by atoms with van der Waals surface area (Å²) in [4.78, 5) is 37.2. The Hall–Kier alpha value is -3.99. The van der Waals surface area contributed by atoms with Gasteiger partial charge < -0.3 is 20.1 Å². The number of aryl methyl sites for hydroxylation is 1. The average molecular weight is 546 g/mol. The first kappa shape index (κ1) is 26.2. The molecular weight excluding hydrogens is 510 g/mol. The van der Waals surface area contributed by atoms with Crippen LogP contribution in [0, 0.1) is 17.8 Å². The van der Waals surface area contributed by atoms with Crippen molar-refractivity contribution in [2.75, 3.05) is 41.8 Å². The van der Waals surface area contributed by atoms with Crippen molar-refractivity contribution in [2.24, 2.45) is 24.8 Å². The molecule has 2 N–H and O–H groups in total. The number of benzene rings is 1. The zero-order valence-corrected chi connectivity index (χ0v) is 22.7. The summed E-state index contributed by atoms with van der Waals surface area (Å²) < 4.78 is 13.1. The van der Waals surface area contributed by atoms with Gasteiger partial charge in [0.2, 0.25) is 11.8 Å². The molecule has 210 valence electrons. The summed E-state index contributed by atoms with van der Waals surface area (Å²) >= 11 is 0. The number of nitrogens with zero attached hydrogens (tertiary/aromatic N) is 5. The average Bonchev–Trinajstić information content (AvgIpc) is 3.91. The van der Waals surface area contributed by atoms with E-state index in [1.54, 1.807) is 47.2 Å². The largest absolute Gasteiger partial charge is 0.437 e. The molecule has 2 saturated carbocycles. The Kier molecular flexibility index (Phi) is 7.63. The number of rotatable bonds is 11. The molecule has 1 aromatic carbocycles. The van der Waals surface area contributed by atoms with E-state index in [1.165, 1.54) is 19.0 Å². The molecule has 0 spiro atoms. The van der Waals surface area contributed by atoms with E-state index < -0.39 is 0 Å². The fourth-order valence-corrected chi connectivity index (χ4v) is 4.79. The van der Waals surface area contributed by atoms with Gasteiger partial charge >= 0.3 is 0 Å². The van der Waals surface area contributed by atoms with E-state index in [0.717, 1.165) is 37.9 Å². The van der Waals surface area contributed by atoms with Crippen molar-refractivity contribution >= 4 is 29.1 Å². The van der Waals surface area contributed by atoms with Crippen molar-refractivity contribution in [1.82, 2.24) is 19.7 Å². The minimum absolute atomic E-state index is 0.0493. The quantitative estimate of drug-likeness (QED) is 0.367. The van der Waals surface area contributed by atoms with Gasteiger partial charge in [0.1, 0.15) is 5.75 Å². The van der Waals surface area contributed by atoms with Gasteiger partial charge in [0.05, 0.1) is 12.4 Å². The third-order valence-corrected chi connectivity index (χ3v) is 7.50. The van der Waals surface area contributed by atoms with Gasteiger partial charge in [-0.05, 0) is 62.5 Å². The van der Waals surface area contributed by atoms with E-state index in [-0.39, 0.29) is 23.6 Å². The summed E-state index contributed by atoms with van der Waals surface area (Å²) in [6.45, 7) is 2.73. The summed E-state index contributed by atoms with van der Waals surface area (Å²) in [5, 5.41) is 10.5. The zero-order valence-electron chi connectivity index (χ0n) is 22.7. The van der Waals surface area contributed by atoms with E-state index in [9.17, 15) is 9.59 Å². The lowest BCUT2D eigenvalue weighted by Gasteiger charge is -2.28. The summed E-state index contributed by atoms with van der Waals surface area (Å²) in [6.07, 6.45) is 11.1. The van der Waals surface area contributed by atoms with Crippen LogP contribution in [0.3, 0.4) is 0 Å². The van der Waals surface area contributed by atoms with Gasteiger partial charge in [-0.2, -0.15) is 5.10 Å². The van der Waals surface area contributed by atoms with E-state index in [0.29, 0.717) is 54.5 Å². The molecule has 6 rings (SSSR count). The maximum atomic E-state index is 13.3. The smallest absolute Gasteiger partial charge is 0.257 e. The first-order valence-corrected chi connectivity index (χ1v) is 14.1. The van der Waals surface area contributed by atoms with Crippen LogP contribution < -0.4 is 20.3 Å². The van der Waals surface area contributed by atoms with Gasteiger partial charge in [-0.25, -0.2) is 9.97 Å². The highest BCUT2D eigenvalue weighted by Crippen LogP contribution is 2.33. The second kappa shape index (κ2) is 11.6. The Morgan fingerprint density at radius 2 is 1.85 bits per heavy atom. The highest BCUT2D eigenvalue weighted by Gasteiger charge is 2.33. The highest BCUT2D eigenvalue weighted by molar-refractivity contribution is 6.04. The monoisotopic (exact) mass is 545 g/mol. The van der Waals surface area contributed by atoms with Crippen LogP contribution in [0.15, 0.2) is 42.9 Å². The highest BCUT2D eigenvalue weighted by atomic mass is 16.5. The van der Waals surface area contributed by atoms with Crippen LogP contribution in [0.4, 0.5) is 17.3 Å². The third-order valence-electron chi connectivity index (χ3n) is 7.50. The minimum Gasteiger partial charge on any atom is -0.437 e. The second-order valence-electron chi connectivity index (χ2n) is 11.0. The van der Waals surface area contributed by atoms with Gasteiger partial charge in [0, 0.05) is 68.8 Å². The predicted octanol–water partition coefficient (Wildman–Crippen LogP) is 4.25. The molecule has 11 nitrogen and oxygen atoms in total. The van der Waals surface area contributed by atoms with E-state index >= 15 is 0 Å². The van der Waals surface area contributed by atoms with Crippen LogP contribution in [0.25, 0.3) is 0 Å². The lowest BCUT2D eigenvalue weighted by atomic mass is 9.98. The SMILES string of the molecule is Cn1ccc(NC(=O)c2cc(NCC3CC3)cc(Oc3cnc(N(CC4CC4)C(=O)C4CCOCC4)cn3)c2)n1. The number of carbonyl (C=O) groups excluding carboxylic acids is 2. The molecule has 0 unspecified atom stereocenters. The Labute approximate surface area is 233 Å². The molecule has 3 heterocycles. The molecule has 3 aliphatic rings. The fraction of sp³-hybridized carbons (Fsp3) is 0.483. The molecule has 3 fully saturated rings. The fourth-order valence-electron chi connectivity index (χ4n) is 4.79. The normalized spacial score (nSPS) is 17.3. The number of anilines is 3. The molecule has 0 radical (unpaired) electrons.